The van der Waals surface area contributed by atoms with Crippen LogP contribution in [0.3, 0.4) is 0 Å². The summed E-state index contributed by atoms with van der Waals surface area (Å²) in [5.74, 6) is 0.529. The van der Waals surface area contributed by atoms with Crippen molar-refractivity contribution in [3.63, 3.8) is 0 Å². The molecule has 0 aliphatic carbocycles. The van der Waals surface area contributed by atoms with Crippen LogP contribution >= 0.6 is 12.4 Å². The Kier molecular flexibility index (Phi) is 6.83. The van der Waals surface area contributed by atoms with Gasteiger partial charge in [-0.1, -0.05) is 6.92 Å². The first-order valence-corrected chi connectivity index (χ1v) is 9.01. The second-order valence-electron chi connectivity index (χ2n) is 7.24. The number of carbonyl (C=O) groups is 1. The third kappa shape index (κ3) is 4.45. The number of benzene rings is 1. The number of piperidine rings is 1. The Morgan fingerprint density at radius 2 is 1.92 bits per heavy atom. The Balaban J connectivity index is 0.00000243. The van der Waals surface area contributed by atoms with Gasteiger partial charge in [0, 0.05) is 50.4 Å². The summed E-state index contributed by atoms with van der Waals surface area (Å²) in [5.41, 5.74) is 1.06. The SMILES string of the molecule is CC1CCN(c2ccc(C(=O)N3CCNC(C)C3)cc2[N+](=O)[O-])CC1.Cl. The zero-order valence-corrected chi connectivity index (χ0v) is 16.1. The van der Waals surface area contributed by atoms with Crippen molar-refractivity contribution >= 4 is 29.7 Å². The van der Waals surface area contributed by atoms with E-state index in [0.717, 1.165) is 32.5 Å². The lowest BCUT2D eigenvalue weighted by Crippen LogP contribution is -2.51. The number of anilines is 1. The second-order valence-corrected chi connectivity index (χ2v) is 7.24. The molecule has 7 nitrogen and oxygen atoms in total. The molecule has 1 aromatic rings. The van der Waals surface area contributed by atoms with Crippen LogP contribution in [-0.2, 0) is 0 Å². The molecule has 2 heterocycles. The number of nitro benzene ring substituents is 1. The van der Waals surface area contributed by atoms with Crippen LogP contribution in [0.4, 0.5) is 11.4 Å². The second kappa shape index (κ2) is 8.68. The van der Waals surface area contributed by atoms with Crippen LogP contribution in [0, 0.1) is 16.0 Å². The number of nitro groups is 1. The molecule has 2 aliphatic rings. The Morgan fingerprint density at radius 3 is 2.54 bits per heavy atom. The molecule has 26 heavy (non-hydrogen) atoms. The predicted octanol–water partition coefficient (Wildman–Crippen LogP) is 2.69. The fourth-order valence-corrected chi connectivity index (χ4v) is 3.62. The molecule has 1 aromatic carbocycles. The van der Waals surface area contributed by atoms with Crippen LogP contribution < -0.4 is 10.2 Å². The molecule has 1 atom stereocenters. The van der Waals surface area contributed by atoms with Gasteiger partial charge in [0.15, 0.2) is 0 Å². The van der Waals surface area contributed by atoms with E-state index in [4.69, 9.17) is 0 Å². The number of hydrogen-bond donors (Lipinski definition) is 1. The molecule has 0 saturated carbocycles. The van der Waals surface area contributed by atoms with Crippen molar-refractivity contribution in [1.82, 2.24) is 10.2 Å². The maximum Gasteiger partial charge on any atom is 0.293 e. The maximum absolute atomic E-state index is 12.7. The van der Waals surface area contributed by atoms with E-state index in [0.29, 0.717) is 30.3 Å². The van der Waals surface area contributed by atoms with E-state index in [9.17, 15) is 14.9 Å². The molecule has 2 saturated heterocycles. The summed E-state index contributed by atoms with van der Waals surface area (Å²) in [4.78, 5) is 27.8. The zero-order chi connectivity index (χ0) is 18.0. The highest BCUT2D eigenvalue weighted by Gasteiger charge is 2.27. The monoisotopic (exact) mass is 382 g/mol. The summed E-state index contributed by atoms with van der Waals surface area (Å²) in [6, 6.07) is 5.16. The van der Waals surface area contributed by atoms with Crippen LogP contribution in [0.25, 0.3) is 0 Å². The topological polar surface area (TPSA) is 78.7 Å². The van der Waals surface area contributed by atoms with Crippen molar-refractivity contribution in [3.05, 3.63) is 33.9 Å². The van der Waals surface area contributed by atoms with Gasteiger partial charge in [-0.3, -0.25) is 14.9 Å². The first-order valence-electron chi connectivity index (χ1n) is 9.01. The minimum Gasteiger partial charge on any atom is -0.366 e. The third-order valence-corrected chi connectivity index (χ3v) is 5.20. The maximum atomic E-state index is 12.7. The van der Waals surface area contributed by atoms with Gasteiger partial charge in [-0.05, 0) is 37.8 Å². The van der Waals surface area contributed by atoms with E-state index >= 15 is 0 Å². The summed E-state index contributed by atoms with van der Waals surface area (Å²) in [6.07, 6.45) is 2.08. The highest BCUT2D eigenvalue weighted by atomic mass is 35.5. The van der Waals surface area contributed by atoms with Crippen molar-refractivity contribution in [2.75, 3.05) is 37.6 Å². The molecule has 8 heteroatoms. The van der Waals surface area contributed by atoms with E-state index in [1.807, 2.05) is 6.92 Å². The predicted molar refractivity (Wildman–Crippen MR) is 104 cm³/mol. The van der Waals surface area contributed by atoms with Gasteiger partial charge in [-0.25, -0.2) is 0 Å². The van der Waals surface area contributed by atoms with Crippen molar-refractivity contribution in [3.8, 4) is 0 Å². The van der Waals surface area contributed by atoms with Crippen LogP contribution in [-0.4, -0.2) is 54.5 Å². The molecule has 3 rings (SSSR count). The van der Waals surface area contributed by atoms with Gasteiger partial charge in [0.1, 0.15) is 5.69 Å². The first-order chi connectivity index (χ1) is 12.0. The van der Waals surface area contributed by atoms with E-state index in [2.05, 4.69) is 17.1 Å². The molecule has 0 radical (unpaired) electrons. The minimum absolute atomic E-state index is 0. The molecule has 1 N–H and O–H groups in total. The lowest BCUT2D eigenvalue weighted by Gasteiger charge is -2.33. The number of halogens is 1. The highest BCUT2D eigenvalue weighted by molar-refractivity contribution is 5.96. The molecule has 2 aliphatic heterocycles. The van der Waals surface area contributed by atoms with Gasteiger partial charge in [0.2, 0.25) is 0 Å². The minimum atomic E-state index is -0.371. The van der Waals surface area contributed by atoms with E-state index in [-0.39, 0.29) is 35.0 Å². The third-order valence-electron chi connectivity index (χ3n) is 5.20. The number of nitrogens with one attached hydrogen (secondary N) is 1. The molecule has 144 valence electrons. The van der Waals surface area contributed by atoms with Crippen LogP contribution in [0.15, 0.2) is 18.2 Å². The molecule has 0 bridgehead atoms. The highest BCUT2D eigenvalue weighted by Crippen LogP contribution is 2.32. The Morgan fingerprint density at radius 1 is 1.23 bits per heavy atom. The number of nitrogens with zero attached hydrogens (tertiary/aromatic N) is 3. The molecule has 2 fully saturated rings. The fraction of sp³-hybridized carbons (Fsp3) is 0.611. The van der Waals surface area contributed by atoms with Crippen LogP contribution in [0.2, 0.25) is 0 Å². The Bertz CT molecular complexity index is 662. The van der Waals surface area contributed by atoms with Gasteiger partial charge in [-0.2, -0.15) is 0 Å². The number of carbonyl (C=O) groups excluding carboxylic acids is 1. The van der Waals surface area contributed by atoms with Gasteiger partial charge in [0.25, 0.3) is 11.6 Å². The van der Waals surface area contributed by atoms with Gasteiger partial charge < -0.3 is 15.1 Å². The van der Waals surface area contributed by atoms with E-state index < -0.39 is 0 Å². The smallest absolute Gasteiger partial charge is 0.293 e. The fourth-order valence-electron chi connectivity index (χ4n) is 3.62. The molecular weight excluding hydrogens is 356 g/mol. The standard InChI is InChI=1S/C18H26N4O3.ClH/c1-13-5-8-20(9-6-13)16-4-3-15(11-17(16)22(24)25)18(23)21-10-7-19-14(2)12-21;/h3-4,11,13-14,19H,5-10,12H2,1-2H3;1H. The summed E-state index contributed by atoms with van der Waals surface area (Å²) in [5, 5.41) is 14.9. The summed E-state index contributed by atoms with van der Waals surface area (Å²) < 4.78 is 0. The van der Waals surface area contributed by atoms with Gasteiger partial charge >= 0.3 is 0 Å². The number of hydrogen-bond acceptors (Lipinski definition) is 5. The van der Waals surface area contributed by atoms with Gasteiger partial charge in [0.05, 0.1) is 4.92 Å². The van der Waals surface area contributed by atoms with Gasteiger partial charge in [-0.15, -0.1) is 12.4 Å². The van der Waals surface area contributed by atoms with Crippen molar-refractivity contribution in [1.29, 1.82) is 0 Å². The Hall–Kier alpha value is -1.86. The summed E-state index contributed by atoms with van der Waals surface area (Å²) in [6.45, 7) is 7.89. The van der Waals surface area contributed by atoms with Crippen molar-refractivity contribution < 1.29 is 9.72 Å². The molecule has 0 spiro atoms. The number of piperazine rings is 1. The summed E-state index contributed by atoms with van der Waals surface area (Å²) in [7, 11) is 0. The normalized spacial score (nSPS) is 21.2. The quantitative estimate of drug-likeness (QED) is 0.642. The van der Waals surface area contributed by atoms with Crippen molar-refractivity contribution in [2.24, 2.45) is 5.92 Å². The van der Waals surface area contributed by atoms with E-state index in [1.165, 1.54) is 6.07 Å². The first kappa shape index (κ1) is 20.5. The molecule has 0 aromatic heterocycles. The number of amides is 1. The largest absolute Gasteiger partial charge is 0.366 e. The average molecular weight is 383 g/mol. The lowest BCUT2D eigenvalue weighted by molar-refractivity contribution is -0.384. The molecule has 1 unspecified atom stereocenters. The average Bonchev–Trinajstić information content (AvgIpc) is 2.61. The number of rotatable bonds is 3. The molecular formula is C18H27ClN4O3. The molecule has 1 amide bonds. The van der Waals surface area contributed by atoms with Crippen molar-refractivity contribution in [2.45, 2.75) is 32.7 Å². The lowest BCUT2D eigenvalue weighted by atomic mass is 9.98. The van der Waals surface area contributed by atoms with Crippen LogP contribution in [0.1, 0.15) is 37.0 Å². The zero-order valence-electron chi connectivity index (χ0n) is 15.3. The van der Waals surface area contributed by atoms with Crippen LogP contribution in [0.5, 0.6) is 0 Å². The summed E-state index contributed by atoms with van der Waals surface area (Å²) >= 11 is 0. The Labute approximate surface area is 160 Å². The van der Waals surface area contributed by atoms with E-state index in [1.54, 1.807) is 17.0 Å².